The van der Waals surface area contributed by atoms with Crippen molar-refractivity contribution < 1.29 is 37.0 Å². The van der Waals surface area contributed by atoms with E-state index in [1.165, 1.54) is 24.4 Å². The average Bonchev–Trinajstić information content (AvgIpc) is 2.75. The van der Waals surface area contributed by atoms with Gasteiger partial charge in [-0.3, -0.25) is 9.59 Å². The molecule has 1 heterocycles. The molecule has 0 fully saturated rings. The van der Waals surface area contributed by atoms with Crippen LogP contribution >= 0.6 is 0 Å². The standard InChI is InChI=1S/C18H27F2NO4.C6H5FN2O/c1-18(2,3)25-17(23)21-11-6-4-5-8-13(22)12-24-16-14(19)9-7-10-15(16)20;7-5-4(6(8)10)2-1-3-9-5/h9H,4-8,10-12H2,1-3H3,(H,21,23);1-3H,(H2,8,10). The zero-order chi connectivity index (χ0) is 26.4. The number of carbonyl (C=O) groups excluding carboxylic acids is 3. The van der Waals surface area contributed by atoms with Gasteiger partial charge in [0.2, 0.25) is 5.95 Å². The molecule has 0 radical (unpaired) electrons. The summed E-state index contributed by atoms with van der Waals surface area (Å²) in [5.74, 6) is -3.67. The average molecular weight is 500 g/mol. The molecule has 11 heteroatoms. The van der Waals surface area contributed by atoms with E-state index in [1.807, 2.05) is 0 Å². The molecule has 35 heavy (non-hydrogen) atoms. The van der Waals surface area contributed by atoms with E-state index in [-0.39, 0.29) is 30.8 Å². The van der Waals surface area contributed by atoms with E-state index in [2.05, 4.69) is 10.3 Å². The van der Waals surface area contributed by atoms with Gasteiger partial charge < -0.3 is 20.5 Å². The van der Waals surface area contributed by atoms with Gasteiger partial charge in [-0.05, 0) is 58.2 Å². The van der Waals surface area contributed by atoms with E-state index in [9.17, 15) is 27.6 Å². The Hall–Kier alpha value is -3.37. The number of amides is 2. The van der Waals surface area contributed by atoms with Crippen molar-refractivity contribution in [2.45, 2.75) is 64.9 Å². The van der Waals surface area contributed by atoms with Gasteiger partial charge >= 0.3 is 6.09 Å². The summed E-state index contributed by atoms with van der Waals surface area (Å²) in [5.41, 5.74) is 4.09. The maximum absolute atomic E-state index is 13.4. The molecule has 3 N–H and O–H groups in total. The summed E-state index contributed by atoms with van der Waals surface area (Å²) in [6.07, 6.45) is 4.79. The quantitative estimate of drug-likeness (QED) is 0.352. The van der Waals surface area contributed by atoms with Crippen molar-refractivity contribution in [1.29, 1.82) is 0 Å². The van der Waals surface area contributed by atoms with Crippen LogP contribution in [0.15, 0.2) is 41.8 Å². The van der Waals surface area contributed by atoms with Crippen LogP contribution in [0.4, 0.5) is 18.0 Å². The Morgan fingerprint density at radius 1 is 1.14 bits per heavy atom. The number of ether oxygens (including phenoxy) is 2. The van der Waals surface area contributed by atoms with Crippen LogP contribution in [0.5, 0.6) is 0 Å². The number of hydrogen-bond donors (Lipinski definition) is 2. The Labute approximate surface area is 202 Å². The number of nitrogens with zero attached hydrogens (tertiary/aromatic N) is 1. The van der Waals surface area contributed by atoms with Crippen molar-refractivity contribution in [3.8, 4) is 0 Å². The van der Waals surface area contributed by atoms with Crippen LogP contribution in [0, 0.1) is 5.95 Å². The second kappa shape index (κ2) is 14.8. The van der Waals surface area contributed by atoms with Gasteiger partial charge in [0.05, 0.1) is 5.56 Å². The number of rotatable bonds is 10. The number of ketones is 1. The van der Waals surface area contributed by atoms with Crippen molar-refractivity contribution >= 4 is 17.8 Å². The molecule has 0 spiro atoms. The van der Waals surface area contributed by atoms with Gasteiger partial charge in [-0.1, -0.05) is 6.42 Å². The number of unbranched alkanes of at least 4 members (excludes halogenated alkanes) is 2. The third kappa shape index (κ3) is 12.6. The number of nitrogens with two attached hydrogens (primary N) is 1. The Morgan fingerprint density at radius 2 is 1.86 bits per heavy atom. The van der Waals surface area contributed by atoms with E-state index in [1.54, 1.807) is 20.8 Å². The molecule has 8 nitrogen and oxygen atoms in total. The predicted octanol–water partition coefficient (Wildman–Crippen LogP) is 4.81. The summed E-state index contributed by atoms with van der Waals surface area (Å²) < 4.78 is 49.3. The monoisotopic (exact) mass is 499 g/mol. The molecule has 2 amide bonds. The number of pyridine rings is 1. The molecule has 1 aliphatic carbocycles. The van der Waals surface area contributed by atoms with E-state index in [0.29, 0.717) is 25.8 Å². The van der Waals surface area contributed by atoms with Gasteiger partial charge in [0.25, 0.3) is 5.91 Å². The van der Waals surface area contributed by atoms with Crippen molar-refractivity contribution in [2.75, 3.05) is 13.2 Å². The highest BCUT2D eigenvalue weighted by Crippen LogP contribution is 2.27. The molecular formula is C24H32F3N3O5. The number of halogens is 3. The van der Waals surface area contributed by atoms with Gasteiger partial charge in [-0.15, -0.1) is 0 Å². The van der Waals surface area contributed by atoms with Crippen molar-refractivity contribution in [3.63, 3.8) is 0 Å². The van der Waals surface area contributed by atoms with Crippen LogP contribution < -0.4 is 11.1 Å². The summed E-state index contributed by atoms with van der Waals surface area (Å²) in [6.45, 7) is 5.50. The summed E-state index contributed by atoms with van der Waals surface area (Å²) in [5, 5.41) is 2.64. The number of aromatic nitrogens is 1. The molecule has 0 saturated carbocycles. The maximum atomic E-state index is 13.4. The minimum atomic E-state index is -0.824. The van der Waals surface area contributed by atoms with Crippen molar-refractivity contribution in [2.24, 2.45) is 5.73 Å². The van der Waals surface area contributed by atoms with Crippen LogP contribution in [0.1, 0.15) is 69.7 Å². The molecule has 1 aliphatic rings. The number of allylic oxidation sites excluding steroid dienone is 3. The van der Waals surface area contributed by atoms with Crippen LogP contribution in [0.3, 0.4) is 0 Å². The van der Waals surface area contributed by atoms with Crippen LogP contribution in [-0.2, 0) is 14.3 Å². The molecule has 0 atom stereocenters. The van der Waals surface area contributed by atoms with Crippen LogP contribution in [0.25, 0.3) is 0 Å². The van der Waals surface area contributed by atoms with Gasteiger partial charge in [-0.2, -0.15) is 4.39 Å². The molecule has 2 rings (SSSR count). The fourth-order valence-corrected chi connectivity index (χ4v) is 2.73. The molecule has 0 saturated heterocycles. The molecule has 0 aromatic carbocycles. The number of carbonyl (C=O) groups is 3. The lowest BCUT2D eigenvalue weighted by Crippen LogP contribution is -2.33. The lowest BCUT2D eigenvalue weighted by Gasteiger charge is -2.19. The summed E-state index contributed by atoms with van der Waals surface area (Å²) in [4.78, 5) is 36.7. The fraction of sp³-hybridized carbons (Fsp3) is 0.500. The summed E-state index contributed by atoms with van der Waals surface area (Å²) >= 11 is 0. The summed E-state index contributed by atoms with van der Waals surface area (Å²) in [6, 6.07) is 2.73. The topological polar surface area (TPSA) is 121 Å². The maximum Gasteiger partial charge on any atom is 0.407 e. The molecule has 0 unspecified atom stereocenters. The first-order valence-corrected chi connectivity index (χ1v) is 11.2. The SMILES string of the molecule is CC(C)(C)OC(=O)NCCCCCC(=O)COC1=C(F)CCC=C1F.NC(=O)c1cccnc1F. The van der Waals surface area contributed by atoms with E-state index < -0.39 is 41.0 Å². The third-order valence-electron chi connectivity index (χ3n) is 4.35. The lowest BCUT2D eigenvalue weighted by atomic mass is 10.1. The molecule has 0 bridgehead atoms. The minimum absolute atomic E-state index is 0.0988. The molecule has 1 aromatic rings. The number of primary amides is 1. The number of nitrogens with one attached hydrogen (secondary N) is 1. The van der Waals surface area contributed by atoms with Crippen LogP contribution in [-0.4, -0.2) is 41.5 Å². The Bertz CT molecular complexity index is 943. The normalized spacial score (nSPS) is 13.3. The smallest absolute Gasteiger partial charge is 0.407 e. The van der Waals surface area contributed by atoms with Crippen LogP contribution in [0.2, 0.25) is 0 Å². The van der Waals surface area contributed by atoms with E-state index in [0.717, 1.165) is 6.42 Å². The highest BCUT2D eigenvalue weighted by Gasteiger charge is 2.19. The minimum Gasteiger partial charge on any atom is -0.480 e. The number of Topliss-reactive ketones (excluding diaryl/α,β-unsaturated/α-hetero) is 1. The second-order valence-electron chi connectivity index (χ2n) is 8.60. The Morgan fingerprint density at radius 3 is 2.43 bits per heavy atom. The number of alkyl carbamates (subject to hydrolysis) is 1. The molecule has 194 valence electrons. The predicted molar refractivity (Wildman–Crippen MR) is 123 cm³/mol. The van der Waals surface area contributed by atoms with E-state index >= 15 is 0 Å². The first-order chi connectivity index (χ1) is 16.4. The lowest BCUT2D eigenvalue weighted by molar-refractivity contribution is -0.122. The third-order valence-corrected chi connectivity index (χ3v) is 4.35. The van der Waals surface area contributed by atoms with Gasteiger partial charge in [-0.25, -0.2) is 18.6 Å². The highest BCUT2D eigenvalue weighted by atomic mass is 19.1. The van der Waals surface area contributed by atoms with E-state index in [4.69, 9.17) is 15.2 Å². The van der Waals surface area contributed by atoms with Gasteiger partial charge in [0, 0.05) is 25.6 Å². The Kier molecular flexibility index (Phi) is 12.5. The zero-order valence-electron chi connectivity index (χ0n) is 20.2. The van der Waals surface area contributed by atoms with Gasteiger partial charge in [0.1, 0.15) is 18.0 Å². The molecule has 0 aliphatic heterocycles. The van der Waals surface area contributed by atoms with Crippen molar-refractivity contribution in [1.82, 2.24) is 10.3 Å². The van der Waals surface area contributed by atoms with Gasteiger partial charge in [0.15, 0.2) is 17.4 Å². The molecular weight excluding hydrogens is 467 g/mol. The fourth-order valence-electron chi connectivity index (χ4n) is 2.73. The molecule has 1 aromatic heterocycles. The Balaban J connectivity index is 0.000000507. The number of hydrogen-bond acceptors (Lipinski definition) is 6. The van der Waals surface area contributed by atoms with Crippen molar-refractivity contribution in [3.05, 3.63) is 53.3 Å². The second-order valence-corrected chi connectivity index (χ2v) is 8.60. The summed E-state index contributed by atoms with van der Waals surface area (Å²) in [7, 11) is 0. The zero-order valence-corrected chi connectivity index (χ0v) is 20.2. The highest BCUT2D eigenvalue weighted by molar-refractivity contribution is 5.92. The largest absolute Gasteiger partial charge is 0.480 e. The first kappa shape index (κ1) is 29.7. The first-order valence-electron chi connectivity index (χ1n) is 11.2.